The molecular formula is C12H20N4OS. The van der Waals surface area contributed by atoms with Gasteiger partial charge in [-0.05, 0) is 19.1 Å². The standard InChI is InChI=1S/C12H20N4OS/c1-18-11-14-9(13)7-10(15-11)16-12(8-17)5-3-2-4-6-12/h7,17H,2-6,8H2,1H3,(H3,13,14,15,16). The highest BCUT2D eigenvalue weighted by atomic mass is 32.2. The van der Waals surface area contributed by atoms with Crippen LogP contribution in [0.25, 0.3) is 0 Å². The van der Waals surface area contributed by atoms with Gasteiger partial charge >= 0.3 is 0 Å². The largest absolute Gasteiger partial charge is 0.394 e. The second-order valence-electron chi connectivity index (χ2n) is 4.79. The van der Waals surface area contributed by atoms with Crippen LogP contribution >= 0.6 is 11.8 Å². The van der Waals surface area contributed by atoms with Crippen molar-refractivity contribution in [1.82, 2.24) is 9.97 Å². The Morgan fingerprint density at radius 1 is 1.39 bits per heavy atom. The van der Waals surface area contributed by atoms with Gasteiger partial charge in [-0.2, -0.15) is 0 Å². The van der Waals surface area contributed by atoms with Crippen molar-refractivity contribution in [3.05, 3.63) is 6.07 Å². The maximum Gasteiger partial charge on any atom is 0.191 e. The van der Waals surface area contributed by atoms with Crippen LogP contribution in [0.3, 0.4) is 0 Å². The van der Waals surface area contributed by atoms with Crippen molar-refractivity contribution in [2.45, 2.75) is 42.8 Å². The molecule has 18 heavy (non-hydrogen) atoms. The van der Waals surface area contributed by atoms with E-state index in [1.165, 1.54) is 18.2 Å². The third kappa shape index (κ3) is 3.05. The fourth-order valence-electron chi connectivity index (χ4n) is 2.42. The Kier molecular flexibility index (Phi) is 4.29. The van der Waals surface area contributed by atoms with Crippen LogP contribution in [0.4, 0.5) is 11.6 Å². The Balaban J connectivity index is 2.18. The molecule has 5 nitrogen and oxygen atoms in total. The maximum absolute atomic E-state index is 9.66. The molecule has 6 heteroatoms. The minimum absolute atomic E-state index is 0.130. The summed E-state index contributed by atoms with van der Waals surface area (Å²) in [6.45, 7) is 0.130. The SMILES string of the molecule is CSc1nc(N)cc(NC2(CO)CCCCC2)n1. The van der Waals surface area contributed by atoms with E-state index in [1.54, 1.807) is 6.07 Å². The average Bonchev–Trinajstić information content (AvgIpc) is 2.39. The molecule has 0 unspecified atom stereocenters. The van der Waals surface area contributed by atoms with E-state index in [0.717, 1.165) is 25.7 Å². The summed E-state index contributed by atoms with van der Waals surface area (Å²) >= 11 is 1.46. The smallest absolute Gasteiger partial charge is 0.191 e. The molecule has 4 N–H and O–H groups in total. The molecule has 1 aromatic rings. The molecule has 1 fully saturated rings. The number of aliphatic hydroxyl groups excluding tert-OH is 1. The molecule has 1 heterocycles. The fourth-order valence-corrected chi connectivity index (χ4v) is 2.81. The molecule has 0 saturated heterocycles. The zero-order valence-corrected chi connectivity index (χ0v) is 11.5. The number of nitrogens with two attached hydrogens (primary N) is 1. The number of hydrogen-bond donors (Lipinski definition) is 3. The molecule has 0 spiro atoms. The average molecular weight is 268 g/mol. The second-order valence-corrected chi connectivity index (χ2v) is 5.56. The van der Waals surface area contributed by atoms with Gasteiger partial charge in [0.1, 0.15) is 11.6 Å². The molecule has 1 aliphatic rings. The third-order valence-electron chi connectivity index (χ3n) is 3.41. The quantitative estimate of drug-likeness (QED) is 0.571. The van der Waals surface area contributed by atoms with Gasteiger partial charge in [-0.25, -0.2) is 9.97 Å². The summed E-state index contributed by atoms with van der Waals surface area (Å²) in [6, 6.07) is 1.73. The van der Waals surface area contributed by atoms with E-state index < -0.39 is 0 Å². The van der Waals surface area contributed by atoms with Crippen LogP contribution in [-0.2, 0) is 0 Å². The van der Waals surface area contributed by atoms with Gasteiger partial charge in [0.15, 0.2) is 5.16 Å². The molecule has 100 valence electrons. The lowest BCUT2D eigenvalue weighted by atomic mass is 9.82. The first-order valence-corrected chi connectivity index (χ1v) is 7.47. The zero-order chi connectivity index (χ0) is 13.0. The molecule has 0 aromatic carbocycles. The highest BCUT2D eigenvalue weighted by molar-refractivity contribution is 7.98. The Morgan fingerprint density at radius 3 is 2.72 bits per heavy atom. The Hall–Kier alpha value is -1.01. The number of aliphatic hydroxyl groups is 1. The number of nitrogens with one attached hydrogen (secondary N) is 1. The molecule has 0 amide bonds. The molecule has 0 bridgehead atoms. The van der Waals surface area contributed by atoms with Crippen molar-refractivity contribution in [3.8, 4) is 0 Å². The normalized spacial score (nSPS) is 18.6. The van der Waals surface area contributed by atoms with Crippen LogP contribution in [0.2, 0.25) is 0 Å². The van der Waals surface area contributed by atoms with Crippen LogP contribution in [0, 0.1) is 0 Å². The first-order chi connectivity index (χ1) is 8.67. The summed E-state index contributed by atoms with van der Waals surface area (Å²) in [5.41, 5.74) is 5.52. The van der Waals surface area contributed by atoms with Crippen LogP contribution in [0.15, 0.2) is 11.2 Å². The molecule has 1 aliphatic carbocycles. The predicted octanol–water partition coefficient (Wildman–Crippen LogP) is 1.89. The summed E-state index contributed by atoms with van der Waals surface area (Å²) in [4.78, 5) is 8.51. The van der Waals surface area contributed by atoms with Crippen molar-refractivity contribution < 1.29 is 5.11 Å². The van der Waals surface area contributed by atoms with Gasteiger partial charge in [-0.1, -0.05) is 31.0 Å². The number of thioether (sulfide) groups is 1. The van der Waals surface area contributed by atoms with Gasteiger partial charge < -0.3 is 16.2 Å². The van der Waals surface area contributed by atoms with Crippen LogP contribution in [-0.4, -0.2) is 33.5 Å². The summed E-state index contributed by atoms with van der Waals surface area (Å²) in [7, 11) is 0. The first kappa shape index (κ1) is 13.4. The van der Waals surface area contributed by atoms with E-state index >= 15 is 0 Å². The monoisotopic (exact) mass is 268 g/mol. The number of rotatable bonds is 4. The van der Waals surface area contributed by atoms with Crippen molar-refractivity contribution in [2.24, 2.45) is 0 Å². The molecule has 0 radical (unpaired) electrons. The van der Waals surface area contributed by atoms with E-state index in [1.807, 2.05) is 6.26 Å². The summed E-state index contributed by atoms with van der Waals surface area (Å²) in [5, 5.41) is 13.7. The number of hydrogen-bond acceptors (Lipinski definition) is 6. The van der Waals surface area contributed by atoms with E-state index in [9.17, 15) is 5.11 Å². The molecule has 0 aliphatic heterocycles. The van der Waals surface area contributed by atoms with Gasteiger partial charge in [0.05, 0.1) is 12.1 Å². The molecule has 2 rings (SSSR count). The third-order valence-corrected chi connectivity index (χ3v) is 3.96. The Morgan fingerprint density at radius 2 is 2.11 bits per heavy atom. The van der Waals surface area contributed by atoms with Crippen molar-refractivity contribution in [3.63, 3.8) is 0 Å². The lowest BCUT2D eigenvalue weighted by molar-refractivity contribution is 0.172. The topological polar surface area (TPSA) is 84.1 Å². The number of nitrogens with zero attached hydrogens (tertiary/aromatic N) is 2. The van der Waals surface area contributed by atoms with E-state index in [2.05, 4.69) is 15.3 Å². The minimum atomic E-state index is -0.241. The van der Waals surface area contributed by atoms with Crippen LogP contribution in [0.5, 0.6) is 0 Å². The number of nitrogen functional groups attached to an aromatic ring is 1. The van der Waals surface area contributed by atoms with Crippen LogP contribution in [0.1, 0.15) is 32.1 Å². The number of aromatic nitrogens is 2. The van der Waals surface area contributed by atoms with Gasteiger partial charge in [0.2, 0.25) is 0 Å². The Labute approximate surface area is 112 Å². The van der Waals surface area contributed by atoms with Gasteiger partial charge in [0, 0.05) is 6.07 Å². The maximum atomic E-state index is 9.66. The van der Waals surface area contributed by atoms with E-state index in [0.29, 0.717) is 16.8 Å². The van der Waals surface area contributed by atoms with Crippen molar-refractivity contribution >= 4 is 23.4 Å². The second kappa shape index (κ2) is 5.75. The minimum Gasteiger partial charge on any atom is -0.394 e. The van der Waals surface area contributed by atoms with Gasteiger partial charge in [-0.15, -0.1) is 0 Å². The predicted molar refractivity (Wildman–Crippen MR) is 74.7 cm³/mol. The van der Waals surface area contributed by atoms with Gasteiger partial charge in [0.25, 0.3) is 0 Å². The highest BCUT2D eigenvalue weighted by Gasteiger charge is 2.31. The lowest BCUT2D eigenvalue weighted by Crippen LogP contribution is -2.44. The van der Waals surface area contributed by atoms with Crippen molar-refractivity contribution in [1.29, 1.82) is 0 Å². The fraction of sp³-hybridized carbons (Fsp3) is 0.667. The number of anilines is 2. The molecule has 1 aromatic heterocycles. The summed E-state index contributed by atoms with van der Waals surface area (Å²) in [5.74, 6) is 1.17. The van der Waals surface area contributed by atoms with E-state index in [4.69, 9.17) is 5.73 Å². The van der Waals surface area contributed by atoms with Crippen LogP contribution < -0.4 is 11.1 Å². The van der Waals surface area contributed by atoms with E-state index in [-0.39, 0.29) is 12.1 Å². The Bertz CT molecular complexity index is 407. The molecule has 1 saturated carbocycles. The summed E-state index contributed by atoms with van der Waals surface area (Å²) < 4.78 is 0. The highest BCUT2D eigenvalue weighted by Crippen LogP contribution is 2.31. The van der Waals surface area contributed by atoms with Gasteiger partial charge in [-0.3, -0.25) is 0 Å². The first-order valence-electron chi connectivity index (χ1n) is 6.25. The zero-order valence-electron chi connectivity index (χ0n) is 10.6. The molecule has 0 atom stereocenters. The molecular weight excluding hydrogens is 248 g/mol. The van der Waals surface area contributed by atoms with Crippen molar-refractivity contribution in [2.75, 3.05) is 23.9 Å². The summed E-state index contributed by atoms with van der Waals surface area (Å²) in [6.07, 6.45) is 7.39. The lowest BCUT2D eigenvalue weighted by Gasteiger charge is -2.37.